The third-order valence-electron chi connectivity index (χ3n) is 3.16. The first kappa shape index (κ1) is 10.6. The van der Waals surface area contributed by atoms with Crippen LogP contribution in [0, 0.1) is 0 Å². The van der Waals surface area contributed by atoms with Crippen LogP contribution in [-0.4, -0.2) is 16.2 Å². The summed E-state index contributed by atoms with van der Waals surface area (Å²) >= 11 is 0. The molecule has 0 aromatic carbocycles. The number of aromatic nitrogens is 2. The Kier molecular flexibility index (Phi) is 3.36. The van der Waals surface area contributed by atoms with Crippen LogP contribution >= 0.6 is 0 Å². The number of hydrogen-bond acceptors (Lipinski definition) is 4. The first-order valence-corrected chi connectivity index (χ1v) is 5.87. The van der Waals surface area contributed by atoms with Crippen LogP contribution in [0.5, 0.6) is 0 Å². The first-order valence-electron chi connectivity index (χ1n) is 5.87. The highest BCUT2D eigenvalue weighted by Crippen LogP contribution is 2.32. The zero-order valence-electron chi connectivity index (χ0n) is 9.28. The molecule has 1 aromatic heterocycles. The van der Waals surface area contributed by atoms with E-state index >= 15 is 0 Å². The van der Waals surface area contributed by atoms with E-state index in [1.807, 2.05) is 0 Å². The van der Waals surface area contributed by atoms with Crippen LogP contribution in [0.1, 0.15) is 56.7 Å². The lowest BCUT2D eigenvalue weighted by Crippen LogP contribution is -2.22. The van der Waals surface area contributed by atoms with E-state index < -0.39 is 0 Å². The van der Waals surface area contributed by atoms with Gasteiger partial charge in [0.25, 0.3) is 0 Å². The van der Waals surface area contributed by atoms with Gasteiger partial charge in [0.2, 0.25) is 5.89 Å². The summed E-state index contributed by atoms with van der Waals surface area (Å²) in [6.07, 6.45) is 6.65. The fourth-order valence-electron chi connectivity index (χ4n) is 2.07. The number of nitrogens with two attached hydrogens (primary N) is 1. The molecule has 0 saturated heterocycles. The van der Waals surface area contributed by atoms with Crippen molar-refractivity contribution in [2.75, 3.05) is 0 Å². The molecule has 4 heteroatoms. The molecule has 0 bridgehead atoms. The summed E-state index contributed by atoms with van der Waals surface area (Å²) < 4.78 is 5.28. The summed E-state index contributed by atoms with van der Waals surface area (Å²) in [7, 11) is 0. The highest BCUT2D eigenvalue weighted by molar-refractivity contribution is 4.97. The summed E-state index contributed by atoms with van der Waals surface area (Å²) in [4.78, 5) is 4.42. The normalized spacial score (nSPS) is 19.6. The first-order chi connectivity index (χ1) is 7.29. The second kappa shape index (κ2) is 4.75. The van der Waals surface area contributed by atoms with Gasteiger partial charge in [0.05, 0.1) is 0 Å². The van der Waals surface area contributed by atoms with Crippen molar-refractivity contribution in [2.45, 2.75) is 57.4 Å². The van der Waals surface area contributed by atoms with E-state index in [2.05, 4.69) is 17.1 Å². The lowest BCUT2D eigenvalue weighted by atomic mass is 10.1. The Morgan fingerprint density at radius 2 is 2.20 bits per heavy atom. The van der Waals surface area contributed by atoms with Crippen molar-refractivity contribution in [3.05, 3.63) is 11.7 Å². The van der Waals surface area contributed by atoms with E-state index in [4.69, 9.17) is 10.3 Å². The van der Waals surface area contributed by atoms with E-state index in [1.165, 1.54) is 25.7 Å². The minimum Gasteiger partial charge on any atom is -0.339 e. The van der Waals surface area contributed by atoms with Crippen LogP contribution in [0.15, 0.2) is 4.52 Å². The van der Waals surface area contributed by atoms with E-state index in [0.717, 1.165) is 24.6 Å². The summed E-state index contributed by atoms with van der Waals surface area (Å²) in [6.45, 7) is 2.07. The van der Waals surface area contributed by atoms with Crippen molar-refractivity contribution >= 4 is 0 Å². The standard InChI is InChI=1S/C11H19N3O/c1-2-9(12)7-10-13-11(15-14-10)8-5-3-4-6-8/h8-9H,2-7,12H2,1H3. The van der Waals surface area contributed by atoms with Crippen molar-refractivity contribution < 1.29 is 4.52 Å². The van der Waals surface area contributed by atoms with Gasteiger partial charge in [-0.25, -0.2) is 0 Å². The molecule has 1 fully saturated rings. The highest BCUT2D eigenvalue weighted by atomic mass is 16.5. The maximum atomic E-state index is 5.85. The molecule has 0 spiro atoms. The Morgan fingerprint density at radius 1 is 1.47 bits per heavy atom. The third-order valence-corrected chi connectivity index (χ3v) is 3.16. The van der Waals surface area contributed by atoms with Crippen LogP contribution in [0.25, 0.3) is 0 Å². The van der Waals surface area contributed by atoms with Crippen molar-refractivity contribution in [2.24, 2.45) is 5.73 Å². The molecule has 0 aliphatic heterocycles. The fourth-order valence-corrected chi connectivity index (χ4v) is 2.07. The van der Waals surface area contributed by atoms with Crippen LogP contribution < -0.4 is 5.73 Å². The molecular formula is C11H19N3O. The van der Waals surface area contributed by atoms with Gasteiger partial charge in [-0.1, -0.05) is 24.9 Å². The zero-order valence-corrected chi connectivity index (χ0v) is 9.28. The topological polar surface area (TPSA) is 64.9 Å². The minimum absolute atomic E-state index is 0.152. The van der Waals surface area contributed by atoms with Gasteiger partial charge in [-0.3, -0.25) is 0 Å². The van der Waals surface area contributed by atoms with E-state index in [-0.39, 0.29) is 6.04 Å². The van der Waals surface area contributed by atoms with Crippen molar-refractivity contribution in [1.29, 1.82) is 0 Å². The summed E-state index contributed by atoms with van der Waals surface area (Å²) in [5, 5.41) is 3.98. The monoisotopic (exact) mass is 209 g/mol. The molecule has 2 rings (SSSR count). The average molecular weight is 209 g/mol. The number of rotatable bonds is 4. The van der Waals surface area contributed by atoms with Gasteiger partial charge in [0.15, 0.2) is 5.82 Å². The van der Waals surface area contributed by atoms with Crippen molar-refractivity contribution in [3.8, 4) is 0 Å². The summed E-state index contributed by atoms with van der Waals surface area (Å²) in [5.41, 5.74) is 5.85. The minimum atomic E-state index is 0.152. The van der Waals surface area contributed by atoms with Crippen molar-refractivity contribution in [1.82, 2.24) is 10.1 Å². The van der Waals surface area contributed by atoms with E-state index in [0.29, 0.717) is 5.92 Å². The average Bonchev–Trinajstić information content (AvgIpc) is 2.85. The molecule has 1 aliphatic carbocycles. The molecule has 4 nitrogen and oxygen atoms in total. The van der Waals surface area contributed by atoms with Gasteiger partial charge < -0.3 is 10.3 Å². The molecule has 1 aromatic rings. The molecular weight excluding hydrogens is 190 g/mol. The third kappa shape index (κ3) is 2.56. The highest BCUT2D eigenvalue weighted by Gasteiger charge is 2.23. The van der Waals surface area contributed by atoms with Gasteiger partial charge in [-0.15, -0.1) is 0 Å². The van der Waals surface area contributed by atoms with Crippen molar-refractivity contribution in [3.63, 3.8) is 0 Å². The van der Waals surface area contributed by atoms with Crippen LogP contribution in [-0.2, 0) is 6.42 Å². The van der Waals surface area contributed by atoms with Gasteiger partial charge in [0, 0.05) is 18.4 Å². The Labute approximate surface area is 90.2 Å². The second-order valence-electron chi connectivity index (χ2n) is 4.40. The molecule has 1 heterocycles. The maximum Gasteiger partial charge on any atom is 0.229 e. The predicted molar refractivity (Wildman–Crippen MR) is 57.5 cm³/mol. The SMILES string of the molecule is CCC(N)Cc1noc(C2CCCC2)n1. The Balaban J connectivity index is 1.97. The van der Waals surface area contributed by atoms with Gasteiger partial charge in [-0.2, -0.15) is 4.98 Å². The maximum absolute atomic E-state index is 5.85. The lowest BCUT2D eigenvalue weighted by molar-refractivity contribution is 0.349. The Morgan fingerprint density at radius 3 is 2.87 bits per heavy atom. The van der Waals surface area contributed by atoms with Crippen LogP contribution in [0.4, 0.5) is 0 Å². The molecule has 1 aliphatic rings. The number of nitrogens with zero attached hydrogens (tertiary/aromatic N) is 2. The molecule has 1 unspecified atom stereocenters. The molecule has 84 valence electrons. The molecule has 0 amide bonds. The second-order valence-corrected chi connectivity index (χ2v) is 4.40. The Bertz CT molecular complexity index is 305. The number of hydrogen-bond donors (Lipinski definition) is 1. The zero-order chi connectivity index (χ0) is 10.7. The lowest BCUT2D eigenvalue weighted by Gasteiger charge is -2.03. The quantitative estimate of drug-likeness (QED) is 0.823. The van der Waals surface area contributed by atoms with Crippen LogP contribution in [0.2, 0.25) is 0 Å². The molecule has 1 saturated carbocycles. The van der Waals surface area contributed by atoms with E-state index in [1.54, 1.807) is 0 Å². The molecule has 2 N–H and O–H groups in total. The summed E-state index contributed by atoms with van der Waals surface area (Å²) in [6, 6.07) is 0.152. The fraction of sp³-hybridized carbons (Fsp3) is 0.818. The molecule has 0 radical (unpaired) electrons. The molecule has 15 heavy (non-hydrogen) atoms. The van der Waals surface area contributed by atoms with Gasteiger partial charge in [0.1, 0.15) is 0 Å². The largest absolute Gasteiger partial charge is 0.339 e. The van der Waals surface area contributed by atoms with Crippen LogP contribution in [0.3, 0.4) is 0 Å². The predicted octanol–water partition coefficient (Wildman–Crippen LogP) is 2.01. The van der Waals surface area contributed by atoms with E-state index in [9.17, 15) is 0 Å². The Hall–Kier alpha value is -0.900. The smallest absolute Gasteiger partial charge is 0.229 e. The summed E-state index contributed by atoms with van der Waals surface area (Å²) in [5.74, 6) is 2.10. The van der Waals surface area contributed by atoms with Gasteiger partial charge >= 0.3 is 0 Å². The van der Waals surface area contributed by atoms with Gasteiger partial charge in [-0.05, 0) is 19.3 Å². The molecule has 1 atom stereocenters.